The van der Waals surface area contributed by atoms with Crippen molar-refractivity contribution < 1.29 is 19.2 Å². The van der Waals surface area contributed by atoms with E-state index in [1.54, 1.807) is 12.5 Å². The first-order valence-electron chi connectivity index (χ1n) is 5.12. The van der Waals surface area contributed by atoms with Crippen molar-refractivity contribution in [2.75, 3.05) is 6.54 Å². The molecule has 0 aliphatic rings. The quantitative estimate of drug-likeness (QED) is 0.690. The summed E-state index contributed by atoms with van der Waals surface area (Å²) in [6, 6.07) is 1.08. The number of hydrogen-bond donors (Lipinski definition) is 3. The van der Waals surface area contributed by atoms with E-state index in [-0.39, 0.29) is 11.5 Å². The first-order chi connectivity index (χ1) is 8.66. The summed E-state index contributed by atoms with van der Waals surface area (Å²) >= 11 is 0. The maximum atomic E-state index is 11.6. The summed E-state index contributed by atoms with van der Waals surface area (Å²) in [5.41, 5.74) is 0.832. The molecule has 8 heteroatoms. The van der Waals surface area contributed by atoms with Gasteiger partial charge in [-0.05, 0) is 0 Å². The highest BCUT2D eigenvalue weighted by Crippen LogP contribution is 2.03. The molecule has 18 heavy (non-hydrogen) atoms. The summed E-state index contributed by atoms with van der Waals surface area (Å²) in [5.74, 6) is -2.11. The van der Waals surface area contributed by atoms with Crippen LogP contribution in [0.1, 0.15) is 26.7 Å². The minimum Gasteiger partial charge on any atom is -0.475 e. The number of amides is 1. The van der Waals surface area contributed by atoms with Crippen LogP contribution in [0.25, 0.3) is 0 Å². The fourth-order valence-corrected chi connectivity index (χ4v) is 1.31. The molecule has 0 spiro atoms. The zero-order valence-electron chi connectivity index (χ0n) is 9.21. The Morgan fingerprint density at radius 3 is 2.94 bits per heavy atom. The summed E-state index contributed by atoms with van der Waals surface area (Å²) < 4.78 is 4.47. The summed E-state index contributed by atoms with van der Waals surface area (Å²) in [4.78, 5) is 28.8. The van der Waals surface area contributed by atoms with Crippen LogP contribution in [0, 0.1) is 0 Å². The lowest BCUT2D eigenvalue weighted by atomic mass is 10.3. The number of imidazole rings is 1. The number of carboxylic acid groups (broad SMARTS) is 1. The predicted octanol–water partition coefficient (Wildman–Crippen LogP) is 0.0684. The molecule has 1 amide bonds. The highest BCUT2D eigenvalue weighted by atomic mass is 16.5. The van der Waals surface area contributed by atoms with Gasteiger partial charge in [-0.25, -0.2) is 9.78 Å². The number of carboxylic acids is 1. The Morgan fingerprint density at radius 2 is 2.33 bits per heavy atom. The summed E-state index contributed by atoms with van der Waals surface area (Å²) in [6.45, 7) is 0.385. The fraction of sp³-hybridized carbons (Fsp3) is 0.200. The first-order valence-corrected chi connectivity index (χ1v) is 5.12. The number of nitrogens with zero attached hydrogens (tertiary/aromatic N) is 2. The smallest absolute Gasteiger partial charge is 0.374 e. The average molecular weight is 250 g/mol. The molecule has 2 aromatic rings. The molecule has 0 radical (unpaired) electrons. The molecule has 8 nitrogen and oxygen atoms in total. The van der Waals surface area contributed by atoms with Crippen molar-refractivity contribution in [1.82, 2.24) is 20.4 Å². The van der Waals surface area contributed by atoms with Gasteiger partial charge in [0.15, 0.2) is 5.69 Å². The Hall–Kier alpha value is -2.64. The molecule has 2 rings (SSSR count). The van der Waals surface area contributed by atoms with Crippen LogP contribution in [0.4, 0.5) is 0 Å². The van der Waals surface area contributed by atoms with Crippen molar-refractivity contribution >= 4 is 11.9 Å². The van der Waals surface area contributed by atoms with Crippen LogP contribution in [0.15, 0.2) is 23.1 Å². The predicted molar refractivity (Wildman–Crippen MR) is 58.1 cm³/mol. The molecular formula is C10H10N4O4. The van der Waals surface area contributed by atoms with Gasteiger partial charge in [0.2, 0.25) is 5.76 Å². The summed E-state index contributed by atoms with van der Waals surface area (Å²) in [7, 11) is 0. The van der Waals surface area contributed by atoms with Crippen LogP contribution >= 0.6 is 0 Å². The van der Waals surface area contributed by atoms with Gasteiger partial charge in [-0.15, -0.1) is 0 Å². The zero-order chi connectivity index (χ0) is 13.0. The minimum absolute atomic E-state index is 0.0583. The second kappa shape index (κ2) is 5.13. The van der Waals surface area contributed by atoms with E-state index in [4.69, 9.17) is 5.11 Å². The van der Waals surface area contributed by atoms with Crippen molar-refractivity contribution in [1.29, 1.82) is 0 Å². The SMILES string of the molecule is O=C(NCCc1cnc[nH]1)c1cc(C(=O)O)on1. The largest absolute Gasteiger partial charge is 0.475 e. The second-order valence-electron chi connectivity index (χ2n) is 3.46. The number of hydrogen-bond acceptors (Lipinski definition) is 5. The topological polar surface area (TPSA) is 121 Å². The first kappa shape index (κ1) is 11.8. The number of aromatic carboxylic acids is 1. The van der Waals surface area contributed by atoms with E-state index in [9.17, 15) is 9.59 Å². The molecular weight excluding hydrogens is 240 g/mol. The van der Waals surface area contributed by atoms with E-state index in [1.807, 2.05) is 0 Å². The standard InChI is InChI=1S/C10H10N4O4/c15-9(7-3-8(10(16)17)18-14-7)12-2-1-6-4-11-5-13-6/h3-5H,1-2H2,(H,11,13)(H,12,15)(H,16,17). The van der Waals surface area contributed by atoms with Gasteiger partial charge in [-0.1, -0.05) is 5.16 Å². The van der Waals surface area contributed by atoms with Gasteiger partial charge in [0.25, 0.3) is 5.91 Å². The van der Waals surface area contributed by atoms with Crippen molar-refractivity contribution in [3.05, 3.63) is 35.7 Å². The molecule has 0 bridgehead atoms. The van der Waals surface area contributed by atoms with Crippen LogP contribution in [0.2, 0.25) is 0 Å². The molecule has 0 unspecified atom stereocenters. The number of carbonyl (C=O) groups excluding carboxylic acids is 1. The van der Waals surface area contributed by atoms with E-state index in [0.717, 1.165) is 11.8 Å². The van der Waals surface area contributed by atoms with Gasteiger partial charge in [-0.2, -0.15) is 0 Å². The van der Waals surface area contributed by atoms with Crippen LogP contribution in [0.5, 0.6) is 0 Å². The maximum absolute atomic E-state index is 11.6. The van der Waals surface area contributed by atoms with Crippen LogP contribution in [-0.2, 0) is 6.42 Å². The molecule has 0 aliphatic heterocycles. The maximum Gasteiger partial charge on any atom is 0.374 e. The van der Waals surface area contributed by atoms with Crippen molar-refractivity contribution in [3.8, 4) is 0 Å². The third-order valence-corrected chi connectivity index (χ3v) is 2.19. The second-order valence-corrected chi connectivity index (χ2v) is 3.46. The van der Waals surface area contributed by atoms with E-state index >= 15 is 0 Å². The highest BCUT2D eigenvalue weighted by molar-refractivity contribution is 5.94. The van der Waals surface area contributed by atoms with Crippen LogP contribution in [-0.4, -0.2) is 38.7 Å². The zero-order valence-corrected chi connectivity index (χ0v) is 9.21. The lowest BCUT2D eigenvalue weighted by Gasteiger charge is -2.00. The third-order valence-electron chi connectivity index (χ3n) is 2.19. The fourth-order valence-electron chi connectivity index (χ4n) is 1.31. The van der Waals surface area contributed by atoms with Gasteiger partial charge >= 0.3 is 5.97 Å². The molecule has 94 valence electrons. The highest BCUT2D eigenvalue weighted by Gasteiger charge is 2.15. The number of carbonyl (C=O) groups is 2. The third kappa shape index (κ3) is 2.73. The van der Waals surface area contributed by atoms with Crippen molar-refractivity contribution in [2.45, 2.75) is 6.42 Å². The molecule has 0 saturated heterocycles. The number of H-pyrrole nitrogens is 1. The lowest BCUT2D eigenvalue weighted by Crippen LogP contribution is -2.26. The van der Waals surface area contributed by atoms with Crippen LogP contribution < -0.4 is 5.32 Å². The Labute approximate surface area is 101 Å². The monoisotopic (exact) mass is 250 g/mol. The lowest BCUT2D eigenvalue weighted by molar-refractivity contribution is 0.0651. The Bertz CT molecular complexity index is 546. The van der Waals surface area contributed by atoms with E-state index in [1.165, 1.54) is 0 Å². The van der Waals surface area contributed by atoms with Gasteiger partial charge in [-0.3, -0.25) is 4.79 Å². The Morgan fingerprint density at radius 1 is 1.50 bits per heavy atom. The van der Waals surface area contributed by atoms with Crippen molar-refractivity contribution in [2.24, 2.45) is 0 Å². The Balaban J connectivity index is 1.85. The van der Waals surface area contributed by atoms with E-state index in [2.05, 4.69) is 25.0 Å². The molecule has 0 aliphatic carbocycles. The van der Waals surface area contributed by atoms with Crippen LogP contribution in [0.3, 0.4) is 0 Å². The van der Waals surface area contributed by atoms with Crippen molar-refractivity contribution in [3.63, 3.8) is 0 Å². The molecule has 2 aromatic heterocycles. The molecule has 2 heterocycles. The molecule has 0 atom stereocenters. The minimum atomic E-state index is -1.26. The number of rotatable bonds is 5. The molecule has 3 N–H and O–H groups in total. The van der Waals surface area contributed by atoms with Gasteiger partial charge in [0.05, 0.1) is 6.33 Å². The van der Waals surface area contributed by atoms with Gasteiger partial charge in [0.1, 0.15) is 0 Å². The number of aromatic amines is 1. The average Bonchev–Trinajstić information content (AvgIpc) is 2.99. The molecule has 0 fully saturated rings. The van der Waals surface area contributed by atoms with Gasteiger partial charge < -0.3 is 19.9 Å². The Kier molecular flexibility index (Phi) is 3.37. The van der Waals surface area contributed by atoms with Gasteiger partial charge in [0, 0.05) is 30.9 Å². The number of aromatic nitrogens is 3. The van der Waals surface area contributed by atoms with E-state index in [0.29, 0.717) is 13.0 Å². The van der Waals surface area contributed by atoms with E-state index < -0.39 is 11.9 Å². The normalized spacial score (nSPS) is 10.2. The molecule has 0 saturated carbocycles. The summed E-state index contributed by atoms with van der Waals surface area (Å²) in [6.07, 6.45) is 3.80. The number of nitrogens with one attached hydrogen (secondary N) is 2. The summed E-state index contributed by atoms with van der Waals surface area (Å²) in [5, 5.41) is 14.6. The molecule has 0 aromatic carbocycles.